The van der Waals surface area contributed by atoms with Crippen LogP contribution in [0, 0.1) is 0 Å². The molecule has 0 spiro atoms. The van der Waals surface area contributed by atoms with Gasteiger partial charge in [-0.3, -0.25) is 9.59 Å². The molecule has 17 heavy (non-hydrogen) atoms. The first-order valence-corrected chi connectivity index (χ1v) is 5.94. The smallest absolute Gasteiger partial charge is 0.246 e. The van der Waals surface area contributed by atoms with E-state index < -0.39 is 0 Å². The fourth-order valence-corrected chi connectivity index (χ4v) is 1.31. The summed E-state index contributed by atoms with van der Waals surface area (Å²) >= 11 is 0. The summed E-state index contributed by atoms with van der Waals surface area (Å²) in [6, 6.07) is 0. The van der Waals surface area contributed by atoms with E-state index in [0.717, 1.165) is 0 Å². The second kappa shape index (κ2) is 8.56. The minimum Gasteiger partial charge on any atom is -0.353 e. The van der Waals surface area contributed by atoms with Gasteiger partial charge in [0.1, 0.15) is 0 Å². The van der Waals surface area contributed by atoms with Crippen LogP contribution in [0.2, 0.25) is 0 Å². The van der Waals surface area contributed by atoms with Crippen molar-refractivity contribution in [1.82, 2.24) is 10.6 Å². The van der Waals surface area contributed by atoms with E-state index in [1.807, 2.05) is 13.8 Å². The van der Waals surface area contributed by atoms with Crippen LogP contribution in [-0.2, 0) is 9.59 Å². The van der Waals surface area contributed by atoms with Gasteiger partial charge in [-0.1, -0.05) is 13.2 Å². The van der Waals surface area contributed by atoms with E-state index in [0.29, 0.717) is 43.5 Å². The maximum Gasteiger partial charge on any atom is 0.246 e. The van der Waals surface area contributed by atoms with Crippen molar-refractivity contribution in [2.75, 3.05) is 13.1 Å². The molecule has 0 radical (unpaired) electrons. The molecule has 0 saturated carbocycles. The van der Waals surface area contributed by atoms with Crippen molar-refractivity contribution in [2.45, 2.75) is 33.1 Å². The summed E-state index contributed by atoms with van der Waals surface area (Å²) in [5.41, 5.74) is 1.10. The molecule has 0 unspecified atom stereocenters. The molecule has 0 aromatic rings. The Morgan fingerprint density at radius 2 is 1.24 bits per heavy atom. The molecule has 0 aromatic carbocycles. The van der Waals surface area contributed by atoms with Gasteiger partial charge in [0.05, 0.1) is 0 Å². The monoisotopic (exact) mass is 238 g/mol. The Balaban J connectivity index is 3.84. The van der Waals surface area contributed by atoms with Crippen LogP contribution in [0.5, 0.6) is 0 Å². The molecule has 0 fully saturated rings. The third-order valence-corrected chi connectivity index (χ3v) is 2.27. The highest BCUT2D eigenvalue weighted by atomic mass is 16.2. The van der Waals surface area contributed by atoms with Crippen molar-refractivity contribution < 1.29 is 9.59 Å². The lowest BCUT2D eigenvalue weighted by Crippen LogP contribution is -2.25. The minimum atomic E-state index is -0.115. The highest BCUT2D eigenvalue weighted by molar-refractivity contribution is 5.93. The van der Waals surface area contributed by atoms with Crippen LogP contribution in [0.25, 0.3) is 0 Å². The predicted octanol–water partition coefficient (Wildman–Crippen LogP) is 1.54. The molecule has 0 saturated heterocycles. The van der Waals surface area contributed by atoms with Gasteiger partial charge in [0.25, 0.3) is 0 Å². The molecule has 2 amide bonds. The predicted molar refractivity (Wildman–Crippen MR) is 69.5 cm³/mol. The lowest BCUT2D eigenvalue weighted by Gasteiger charge is -2.07. The Morgan fingerprint density at radius 1 is 0.882 bits per heavy atom. The van der Waals surface area contributed by atoms with Gasteiger partial charge in [-0.2, -0.15) is 0 Å². The molecule has 4 heteroatoms. The third kappa shape index (κ3) is 6.56. The van der Waals surface area contributed by atoms with Crippen LogP contribution in [0.15, 0.2) is 24.3 Å². The maximum atomic E-state index is 11.3. The Labute approximate surface area is 103 Å². The largest absolute Gasteiger partial charge is 0.353 e. The lowest BCUT2D eigenvalue weighted by molar-refractivity contribution is -0.118. The Bertz CT molecular complexity index is 279. The first kappa shape index (κ1) is 15.4. The van der Waals surface area contributed by atoms with E-state index in [9.17, 15) is 9.59 Å². The lowest BCUT2D eigenvalue weighted by atomic mass is 10.1. The van der Waals surface area contributed by atoms with E-state index in [1.165, 1.54) is 0 Å². The van der Waals surface area contributed by atoms with Gasteiger partial charge in [-0.25, -0.2) is 0 Å². The second-order valence-corrected chi connectivity index (χ2v) is 3.78. The van der Waals surface area contributed by atoms with Crippen LogP contribution in [0.4, 0.5) is 0 Å². The number of hydrogen-bond acceptors (Lipinski definition) is 2. The highest BCUT2D eigenvalue weighted by Gasteiger charge is 2.08. The quantitative estimate of drug-likeness (QED) is 0.630. The van der Waals surface area contributed by atoms with Crippen LogP contribution in [0.3, 0.4) is 0 Å². The molecule has 2 N–H and O–H groups in total. The normalized spacial score (nSPS) is 9.53. The van der Waals surface area contributed by atoms with Crippen LogP contribution in [-0.4, -0.2) is 24.9 Å². The Hall–Kier alpha value is -1.58. The molecule has 96 valence electrons. The molecule has 0 aromatic heterocycles. The van der Waals surface area contributed by atoms with Gasteiger partial charge < -0.3 is 10.6 Å². The minimum absolute atomic E-state index is 0.115. The second-order valence-electron chi connectivity index (χ2n) is 3.78. The number of hydrogen-bond donors (Lipinski definition) is 2. The summed E-state index contributed by atoms with van der Waals surface area (Å²) in [5.74, 6) is -0.229. The maximum absolute atomic E-state index is 11.3. The summed E-state index contributed by atoms with van der Waals surface area (Å²) < 4.78 is 0. The van der Waals surface area contributed by atoms with Crippen molar-refractivity contribution in [2.24, 2.45) is 0 Å². The van der Waals surface area contributed by atoms with E-state index in [4.69, 9.17) is 0 Å². The average Bonchev–Trinajstić information content (AvgIpc) is 2.29. The van der Waals surface area contributed by atoms with Crippen LogP contribution < -0.4 is 10.6 Å². The fourth-order valence-electron chi connectivity index (χ4n) is 1.31. The summed E-state index contributed by atoms with van der Waals surface area (Å²) in [6.45, 7) is 12.3. The highest BCUT2D eigenvalue weighted by Crippen LogP contribution is 2.10. The third-order valence-electron chi connectivity index (χ3n) is 2.27. The zero-order valence-electron chi connectivity index (χ0n) is 10.8. The summed E-state index contributed by atoms with van der Waals surface area (Å²) in [4.78, 5) is 22.7. The van der Waals surface area contributed by atoms with Gasteiger partial charge in [-0.15, -0.1) is 0 Å². The van der Waals surface area contributed by atoms with Gasteiger partial charge in [0.15, 0.2) is 0 Å². The number of likely N-dealkylation sites (N-methyl/N-ethyl adjacent to an activating group) is 2. The summed E-state index contributed by atoms with van der Waals surface area (Å²) in [6.07, 6.45) is 1.89. The fraction of sp³-hybridized carbons (Fsp3) is 0.538. The molecule has 0 bridgehead atoms. The van der Waals surface area contributed by atoms with E-state index in [2.05, 4.69) is 23.8 Å². The number of nitrogens with one attached hydrogen (secondary N) is 2. The Kier molecular flexibility index (Phi) is 7.76. The SMILES string of the molecule is C=C(CCCC(=C)C(=O)NCC)C(=O)NCC. The molecular weight excluding hydrogens is 216 g/mol. The molecule has 4 nitrogen and oxygen atoms in total. The first-order valence-electron chi connectivity index (χ1n) is 5.94. The zero-order valence-corrected chi connectivity index (χ0v) is 10.8. The number of amides is 2. The van der Waals surface area contributed by atoms with Crippen molar-refractivity contribution >= 4 is 11.8 Å². The van der Waals surface area contributed by atoms with Gasteiger partial charge in [0.2, 0.25) is 11.8 Å². The van der Waals surface area contributed by atoms with Crippen molar-refractivity contribution in [3.8, 4) is 0 Å². The van der Waals surface area contributed by atoms with Gasteiger partial charge in [0, 0.05) is 24.2 Å². The number of carbonyl (C=O) groups is 2. The molecule has 0 aliphatic heterocycles. The van der Waals surface area contributed by atoms with E-state index in [-0.39, 0.29) is 11.8 Å². The zero-order chi connectivity index (χ0) is 13.3. The van der Waals surface area contributed by atoms with Crippen molar-refractivity contribution in [1.29, 1.82) is 0 Å². The van der Waals surface area contributed by atoms with E-state index >= 15 is 0 Å². The van der Waals surface area contributed by atoms with Crippen molar-refractivity contribution in [3.05, 3.63) is 24.3 Å². The van der Waals surface area contributed by atoms with Gasteiger partial charge in [-0.05, 0) is 33.1 Å². The molecule has 0 heterocycles. The topological polar surface area (TPSA) is 58.2 Å². The molecule has 0 atom stereocenters. The standard InChI is InChI=1S/C13H22N2O2/c1-5-14-12(16)10(3)8-7-9-11(4)13(17)15-6-2/h3-9H2,1-2H3,(H,14,16)(H,15,17). The summed E-state index contributed by atoms with van der Waals surface area (Å²) in [7, 11) is 0. The number of carbonyl (C=O) groups excluding carboxylic acids is 2. The van der Waals surface area contributed by atoms with Crippen LogP contribution >= 0.6 is 0 Å². The first-order chi connectivity index (χ1) is 8.02. The summed E-state index contributed by atoms with van der Waals surface area (Å²) in [5, 5.41) is 5.37. The Morgan fingerprint density at radius 3 is 1.53 bits per heavy atom. The molecule has 0 aliphatic rings. The molecule has 0 rings (SSSR count). The molecular formula is C13H22N2O2. The van der Waals surface area contributed by atoms with E-state index in [1.54, 1.807) is 0 Å². The van der Waals surface area contributed by atoms with Crippen molar-refractivity contribution in [3.63, 3.8) is 0 Å². The average molecular weight is 238 g/mol. The molecule has 0 aliphatic carbocycles. The van der Waals surface area contributed by atoms with Crippen LogP contribution in [0.1, 0.15) is 33.1 Å². The van der Waals surface area contributed by atoms with Gasteiger partial charge >= 0.3 is 0 Å². The number of rotatable bonds is 8.